The molecule has 0 saturated heterocycles. The molecule has 0 aliphatic carbocycles. The third-order valence-electron chi connectivity index (χ3n) is 5.24. The van der Waals surface area contributed by atoms with E-state index in [4.69, 9.17) is 25.4 Å². The van der Waals surface area contributed by atoms with E-state index >= 15 is 0 Å². The first-order chi connectivity index (χ1) is 17.7. The highest BCUT2D eigenvalue weighted by atomic mass is 16.7. The van der Waals surface area contributed by atoms with Crippen LogP contribution in [0.3, 0.4) is 0 Å². The van der Waals surface area contributed by atoms with Gasteiger partial charge in [0, 0.05) is 37.0 Å². The molecule has 0 fully saturated rings. The smallest absolute Gasteiger partial charge is 0.387 e. The first-order valence-corrected chi connectivity index (χ1v) is 11.4. The van der Waals surface area contributed by atoms with Crippen molar-refractivity contribution in [1.82, 2.24) is 9.88 Å². The number of hydrogen-bond acceptors (Lipinski definition) is 8. The molecule has 3 rings (SSSR count). The molecule has 0 radical (unpaired) electrons. The first kappa shape index (κ1) is 27.0. The zero-order valence-electron chi connectivity index (χ0n) is 20.7. The summed E-state index contributed by atoms with van der Waals surface area (Å²) in [6.45, 7) is 2.71. The standard InChI is InChI=1S/C26H29N5O6/c1-4-36-26(37-17(2)32,25(34)29-16-18-10-12-19(13-11-18)23(27)28)31-14-6-9-22(24(31)33)30-20-7-5-8-21(15-20)35-3/h5-15,30H,4,16H2,1-3H3,(H3,27,28)(H,29,34)/t26-/m0/s1. The highest BCUT2D eigenvalue weighted by Gasteiger charge is 2.46. The third kappa shape index (κ3) is 6.33. The molecular weight excluding hydrogens is 478 g/mol. The Morgan fingerprint density at radius 3 is 2.46 bits per heavy atom. The van der Waals surface area contributed by atoms with Gasteiger partial charge < -0.3 is 30.6 Å². The monoisotopic (exact) mass is 507 g/mol. The van der Waals surface area contributed by atoms with Gasteiger partial charge in [0.05, 0.1) is 13.7 Å². The van der Waals surface area contributed by atoms with Gasteiger partial charge >= 0.3 is 17.8 Å². The van der Waals surface area contributed by atoms with E-state index in [1.807, 2.05) is 0 Å². The van der Waals surface area contributed by atoms with Crippen LogP contribution in [0.2, 0.25) is 0 Å². The van der Waals surface area contributed by atoms with Gasteiger partial charge in [-0.25, -0.2) is 4.57 Å². The van der Waals surface area contributed by atoms with Gasteiger partial charge in [-0.05, 0) is 36.8 Å². The van der Waals surface area contributed by atoms with Gasteiger partial charge in [0.25, 0.3) is 5.56 Å². The summed E-state index contributed by atoms with van der Waals surface area (Å²) in [4.78, 5) is 39.1. The lowest BCUT2D eigenvalue weighted by Crippen LogP contribution is -2.56. The van der Waals surface area contributed by atoms with Crippen LogP contribution in [-0.4, -0.2) is 36.0 Å². The van der Waals surface area contributed by atoms with Crippen molar-refractivity contribution in [3.05, 3.63) is 88.3 Å². The zero-order chi connectivity index (χ0) is 27.0. The molecule has 3 aromatic rings. The van der Waals surface area contributed by atoms with Crippen molar-refractivity contribution in [2.24, 2.45) is 5.73 Å². The second-order valence-electron chi connectivity index (χ2n) is 7.86. The number of aromatic nitrogens is 1. The van der Waals surface area contributed by atoms with Crippen LogP contribution in [0, 0.1) is 5.41 Å². The normalized spacial score (nSPS) is 12.2. The Kier molecular flexibility index (Phi) is 8.64. The van der Waals surface area contributed by atoms with E-state index < -0.39 is 23.3 Å². The van der Waals surface area contributed by atoms with E-state index in [0.717, 1.165) is 11.5 Å². The number of esters is 1. The molecule has 1 aromatic heterocycles. The van der Waals surface area contributed by atoms with E-state index in [-0.39, 0.29) is 24.7 Å². The number of amidine groups is 1. The van der Waals surface area contributed by atoms with Crippen LogP contribution in [0.5, 0.6) is 5.75 Å². The van der Waals surface area contributed by atoms with Crippen molar-refractivity contribution in [2.45, 2.75) is 26.3 Å². The van der Waals surface area contributed by atoms with Crippen LogP contribution in [0.25, 0.3) is 0 Å². The number of benzene rings is 2. The molecule has 1 amide bonds. The fourth-order valence-corrected chi connectivity index (χ4v) is 3.53. The predicted octanol–water partition coefficient (Wildman–Crippen LogP) is 2.41. The zero-order valence-corrected chi connectivity index (χ0v) is 20.7. The van der Waals surface area contributed by atoms with Crippen LogP contribution in [0.4, 0.5) is 11.4 Å². The van der Waals surface area contributed by atoms with Crippen LogP contribution in [0.1, 0.15) is 25.0 Å². The van der Waals surface area contributed by atoms with Crippen molar-refractivity contribution < 1.29 is 23.8 Å². The Morgan fingerprint density at radius 1 is 1.11 bits per heavy atom. The fourth-order valence-electron chi connectivity index (χ4n) is 3.53. The van der Waals surface area contributed by atoms with Gasteiger partial charge in [0.15, 0.2) is 0 Å². The molecule has 0 spiro atoms. The van der Waals surface area contributed by atoms with E-state index in [9.17, 15) is 14.4 Å². The van der Waals surface area contributed by atoms with Gasteiger partial charge in [-0.15, -0.1) is 0 Å². The molecule has 2 aromatic carbocycles. The lowest BCUT2D eigenvalue weighted by molar-refractivity contribution is -0.264. The Morgan fingerprint density at radius 2 is 1.84 bits per heavy atom. The molecule has 1 heterocycles. The molecule has 11 heteroatoms. The van der Waals surface area contributed by atoms with Crippen LogP contribution >= 0.6 is 0 Å². The number of anilines is 2. The number of hydrogen-bond donors (Lipinski definition) is 4. The molecule has 0 saturated carbocycles. The number of carbonyl (C=O) groups is 2. The summed E-state index contributed by atoms with van der Waals surface area (Å²) in [5.41, 5.74) is 6.72. The van der Waals surface area contributed by atoms with Crippen LogP contribution in [0.15, 0.2) is 71.7 Å². The Hall–Kier alpha value is -4.64. The van der Waals surface area contributed by atoms with Crippen molar-refractivity contribution in [1.29, 1.82) is 5.41 Å². The summed E-state index contributed by atoms with van der Waals surface area (Å²) in [7, 11) is 1.53. The number of nitrogen functional groups attached to an aromatic ring is 1. The largest absolute Gasteiger partial charge is 0.497 e. The SMILES string of the molecule is CCO[C@](OC(C)=O)(C(=O)NCc1ccc(C(=N)N)cc1)n1cccc(Nc2cccc(OC)c2)c1=O. The summed E-state index contributed by atoms with van der Waals surface area (Å²) < 4.78 is 17.2. The minimum absolute atomic E-state index is 0.0314. The van der Waals surface area contributed by atoms with Gasteiger partial charge in [-0.3, -0.25) is 19.8 Å². The quantitative estimate of drug-likeness (QED) is 0.133. The second-order valence-corrected chi connectivity index (χ2v) is 7.86. The lowest BCUT2D eigenvalue weighted by atomic mass is 10.1. The Bertz CT molecular complexity index is 1340. The maximum atomic E-state index is 13.5. The minimum atomic E-state index is -2.40. The minimum Gasteiger partial charge on any atom is -0.497 e. The molecule has 194 valence electrons. The topological polar surface area (TPSA) is 158 Å². The van der Waals surface area contributed by atoms with Crippen LogP contribution in [-0.2, 0) is 31.5 Å². The molecule has 0 bridgehead atoms. The average molecular weight is 508 g/mol. The lowest BCUT2D eigenvalue weighted by Gasteiger charge is -2.32. The average Bonchev–Trinajstić information content (AvgIpc) is 2.88. The molecule has 0 aliphatic heterocycles. The molecular formula is C26H29N5O6. The summed E-state index contributed by atoms with van der Waals surface area (Å²) in [5, 5.41) is 13.2. The number of methoxy groups -OCH3 is 1. The molecule has 5 N–H and O–H groups in total. The Labute approximate surface area is 213 Å². The highest BCUT2D eigenvalue weighted by Crippen LogP contribution is 2.23. The Balaban J connectivity index is 1.97. The van der Waals surface area contributed by atoms with Gasteiger partial charge in [-0.2, -0.15) is 0 Å². The van der Waals surface area contributed by atoms with Crippen molar-refractivity contribution in [3.8, 4) is 5.75 Å². The van der Waals surface area contributed by atoms with E-state index in [0.29, 0.717) is 22.6 Å². The molecule has 1 atom stereocenters. The number of nitrogens with zero attached hydrogens (tertiary/aromatic N) is 1. The number of carbonyl (C=O) groups excluding carboxylic acids is 2. The number of ether oxygens (including phenoxy) is 3. The number of nitrogens with one attached hydrogen (secondary N) is 3. The maximum Gasteiger partial charge on any atom is 0.387 e. The number of nitrogens with two attached hydrogens (primary N) is 1. The summed E-state index contributed by atoms with van der Waals surface area (Å²) in [6, 6.07) is 16.7. The van der Waals surface area contributed by atoms with Gasteiger partial charge in [0.1, 0.15) is 17.3 Å². The molecule has 37 heavy (non-hydrogen) atoms. The highest BCUT2D eigenvalue weighted by molar-refractivity contribution is 5.94. The number of amides is 1. The summed E-state index contributed by atoms with van der Waals surface area (Å²) in [5.74, 6) is -3.58. The summed E-state index contributed by atoms with van der Waals surface area (Å²) >= 11 is 0. The third-order valence-corrected chi connectivity index (χ3v) is 5.24. The number of rotatable bonds is 11. The molecule has 0 aliphatic rings. The van der Waals surface area contributed by atoms with E-state index in [1.165, 1.54) is 25.4 Å². The predicted molar refractivity (Wildman–Crippen MR) is 138 cm³/mol. The maximum absolute atomic E-state index is 13.5. The fraction of sp³-hybridized carbons (Fsp3) is 0.231. The van der Waals surface area contributed by atoms with E-state index in [1.54, 1.807) is 55.5 Å². The van der Waals surface area contributed by atoms with Crippen molar-refractivity contribution in [3.63, 3.8) is 0 Å². The first-order valence-electron chi connectivity index (χ1n) is 11.4. The van der Waals surface area contributed by atoms with Gasteiger partial charge in [-0.1, -0.05) is 30.3 Å². The van der Waals surface area contributed by atoms with Crippen LogP contribution < -0.4 is 26.7 Å². The second kappa shape index (κ2) is 11.9. The van der Waals surface area contributed by atoms with E-state index in [2.05, 4.69) is 10.6 Å². The molecule has 0 unspecified atom stereocenters. The summed E-state index contributed by atoms with van der Waals surface area (Å²) in [6.07, 6.45) is 1.30. The number of pyridine rings is 1. The van der Waals surface area contributed by atoms with Crippen molar-refractivity contribution in [2.75, 3.05) is 19.0 Å². The molecule has 11 nitrogen and oxygen atoms in total. The van der Waals surface area contributed by atoms with Crippen molar-refractivity contribution >= 4 is 29.1 Å². The van der Waals surface area contributed by atoms with Gasteiger partial charge in [0.2, 0.25) is 0 Å².